The maximum atomic E-state index is 3.70. The molecule has 1 aliphatic heterocycles. The van der Waals surface area contributed by atoms with Crippen LogP contribution < -0.4 is 5.32 Å². The molecule has 4 unspecified atom stereocenters. The third kappa shape index (κ3) is 1.76. The Bertz CT molecular complexity index is 292. The second kappa shape index (κ2) is 4.49. The maximum absolute atomic E-state index is 3.70. The Hall–Kier alpha value is -0.0800. The number of piperidine rings is 1. The predicted octanol–water partition coefficient (Wildman–Crippen LogP) is 2.49. The van der Waals surface area contributed by atoms with Crippen molar-refractivity contribution in [3.05, 3.63) is 0 Å². The van der Waals surface area contributed by atoms with Crippen molar-refractivity contribution in [2.45, 2.75) is 57.5 Å². The first-order valence-corrected chi connectivity index (χ1v) is 8.36. The van der Waals surface area contributed by atoms with Gasteiger partial charge in [-0.05, 0) is 81.8 Å². The highest BCUT2D eigenvalue weighted by molar-refractivity contribution is 5.17. The summed E-state index contributed by atoms with van der Waals surface area (Å²) in [6.45, 7) is 6.23. The van der Waals surface area contributed by atoms with E-state index in [0.717, 1.165) is 35.8 Å². The van der Waals surface area contributed by atoms with Crippen molar-refractivity contribution < 1.29 is 0 Å². The van der Waals surface area contributed by atoms with Gasteiger partial charge in [0, 0.05) is 12.1 Å². The molecule has 1 heterocycles. The molecule has 1 N–H and O–H groups in total. The molecule has 3 aliphatic carbocycles. The molecule has 4 fully saturated rings. The molecular weight excluding hydrogens is 220 g/mol. The van der Waals surface area contributed by atoms with Crippen molar-refractivity contribution in [1.82, 2.24) is 10.2 Å². The Morgan fingerprint density at radius 2 is 1.67 bits per heavy atom. The number of nitrogens with one attached hydrogen (secondary N) is 1. The number of fused-ring (bicyclic) bond motifs is 5. The van der Waals surface area contributed by atoms with Gasteiger partial charge in [-0.25, -0.2) is 0 Å². The van der Waals surface area contributed by atoms with Crippen molar-refractivity contribution in [2.24, 2.45) is 23.7 Å². The van der Waals surface area contributed by atoms with Crippen LogP contribution in [0.4, 0.5) is 0 Å². The maximum Gasteiger partial charge on any atom is 0.0164 e. The van der Waals surface area contributed by atoms with Crippen LogP contribution in [0.2, 0.25) is 0 Å². The summed E-state index contributed by atoms with van der Waals surface area (Å²) >= 11 is 0. The van der Waals surface area contributed by atoms with Crippen molar-refractivity contribution >= 4 is 0 Å². The first-order valence-electron chi connectivity index (χ1n) is 8.36. The van der Waals surface area contributed by atoms with Crippen LogP contribution in [0.15, 0.2) is 0 Å². The van der Waals surface area contributed by atoms with Crippen LogP contribution >= 0.6 is 0 Å². The zero-order chi connectivity index (χ0) is 12.1. The molecule has 2 heteroatoms. The molecule has 18 heavy (non-hydrogen) atoms. The zero-order valence-corrected chi connectivity index (χ0v) is 11.8. The van der Waals surface area contributed by atoms with E-state index in [2.05, 4.69) is 17.1 Å². The van der Waals surface area contributed by atoms with Gasteiger partial charge in [-0.15, -0.1) is 0 Å². The van der Waals surface area contributed by atoms with E-state index in [0.29, 0.717) is 0 Å². The van der Waals surface area contributed by atoms with Gasteiger partial charge >= 0.3 is 0 Å². The molecule has 2 nitrogen and oxygen atoms in total. The summed E-state index contributed by atoms with van der Waals surface area (Å²) in [5, 5.41) is 3.70. The highest BCUT2D eigenvalue weighted by Crippen LogP contribution is 2.67. The summed E-state index contributed by atoms with van der Waals surface area (Å²) in [5.74, 6) is 4.56. The van der Waals surface area contributed by atoms with E-state index >= 15 is 0 Å². The number of hydrogen-bond donors (Lipinski definition) is 1. The molecule has 102 valence electrons. The van der Waals surface area contributed by atoms with Crippen LogP contribution in [-0.2, 0) is 0 Å². The number of likely N-dealkylation sites (tertiary alicyclic amines) is 1. The highest BCUT2D eigenvalue weighted by atomic mass is 15.2. The minimum atomic E-state index is 0.816. The summed E-state index contributed by atoms with van der Waals surface area (Å²) in [6, 6.07) is 1.85. The highest BCUT2D eigenvalue weighted by Gasteiger charge is 2.66. The first-order chi connectivity index (χ1) is 8.88. The average molecular weight is 248 g/mol. The Morgan fingerprint density at radius 3 is 2.28 bits per heavy atom. The van der Waals surface area contributed by atoms with Gasteiger partial charge in [0.2, 0.25) is 0 Å². The average Bonchev–Trinajstić information content (AvgIpc) is 2.85. The fourth-order valence-electron chi connectivity index (χ4n) is 5.52. The molecule has 0 amide bonds. The van der Waals surface area contributed by atoms with Crippen LogP contribution in [-0.4, -0.2) is 36.6 Å². The smallest absolute Gasteiger partial charge is 0.0164 e. The SMILES string of the molecule is CCCNC1CCN(C2C3C4CCC(C4)C32)CC1. The van der Waals surface area contributed by atoms with Gasteiger partial charge in [0.15, 0.2) is 0 Å². The lowest BCUT2D eigenvalue weighted by Crippen LogP contribution is -2.44. The van der Waals surface area contributed by atoms with Gasteiger partial charge in [0.05, 0.1) is 0 Å². The second-order valence-corrected chi connectivity index (χ2v) is 7.24. The second-order valence-electron chi connectivity index (χ2n) is 7.24. The number of nitrogens with zero attached hydrogens (tertiary/aromatic N) is 1. The molecule has 4 rings (SSSR count). The largest absolute Gasteiger partial charge is 0.314 e. The van der Waals surface area contributed by atoms with Crippen LogP contribution in [0.1, 0.15) is 45.4 Å². The molecule has 4 aliphatic rings. The van der Waals surface area contributed by atoms with E-state index in [1.54, 1.807) is 19.3 Å². The normalized spacial score (nSPS) is 47.5. The van der Waals surface area contributed by atoms with E-state index in [-0.39, 0.29) is 0 Å². The lowest BCUT2D eigenvalue weighted by molar-refractivity contribution is 0.163. The molecule has 0 aromatic carbocycles. The van der Waals surface area contributed by atoms with Gasteiger partial charge < -0.3 is 5.32 Å². The Balaban J connectivity index is 1.29. The number of rotatable bonds is 4. The molecule has 0 radical (unpaired) electrons. The fourth-order valence-corrected chi connectivity index (χ4v) is 5.52. The van der Waals surface area contributed by atoms with Gasteiger partial charge in [-0.1, -0.05) is 6.92 Å². The first kappa shape index (κ1) is 11.7. The van der Waals surface area contributed by atoms with Crippen LogP contribution in [0.3, 0.4) is 0 Å². The van der Waals surface area contributed by atoms with E-state index in [4.69, 9.17) is 0 Å². The predicted molar refractivity (Wildman–Crippen MR) is 74.5 cm³/mol. The third-order valence-corrected chi connectivity index (χ3v) is 6.33. The zero-order valence-electron chi connectivity index (χ0n) is 11.8. The topological polar surface area (TPSA) is 15.3 Å². The van der Waals surface area contributed by atoms with Gasteiger partial charge in [0.1, 0.15) is 0 Å². The minimum Gasteiger partial charge on any atom is -0.314 e. The monoisotopic (exact) mass is 248 g/mol. The van der Waals surface area contributed by atoms with Gasteiger partial charge in [-0.3, -0.25) is 4.90 Å². The number of hydrogen-bond acceptors (Lipinski definition) is 2. The van der Waals surface area contributed by atoms with E-state index in [1.165, 1.54) is 38.9 Å². The van der Waals surface area contributed by atoms with Crippen LogP contribution in [0.25, 0.3) is 0 Å². The molecule has 0 aromatic heterocycles. The van der Waals surface area contributed by atoms with Crippen LogP contribution in [0, 0.1) is 23.7 Å². The Labute approximate surface area is 111 Å². The molecule has 0 aromatic rings. The van der Waals surface area contributed by atoms with Crippen molar-refractivity contribution in [2.75, 3.05) is 19.6 Å². The Kier molecular flexibility index (Phi) is 2.92. The van der Waals surface area contributed by atoms with Gasteiger partial charge in [-0.2, -0.15) is 0 Å². The quantitative estimate of drug-likeness (QED) is 0.822. The summed E-state index contributed by atoms with van der Waals surface area (Å²) < 4.78 is 0. The van der Waals surface area contributed by atoms with Crippen LogP contribution in [0.5, 0.6) is 0 Å². The molecule has 3 saturated carbocycles. The van der Waals surface area contributed by atoms with E-state index in [9.17, 15) is 0 Å². The summed E-state index contributed by atoms with van der Waals surface area (Å²) in [4.78, 5) is 2.87. The molecule has 2 bridgehead atoms. The Morgan fingerprint density at radius 1 is 1.00 bits per heavy atom. The lowest BCUT2D eigenvalue weighted by atomic mass is 10.0. The summed E-state index contributed by atoms with van der Waals surface area (Å²) in [6.07, 6.45) is 8.79. The van der Waals surface area contributed by atoms with Crippen molar-refractivity contribution in [3.8, 4) is 0 Å². The fraction of sp³-hybridized carbons (Fsp3) is 1.00. The molecular formula is C16H28N2. The van der Waals surface area contributed by atoms with Gasteiger partial charge in [0.25, 0.3) is 0 Å². The lowest BCUT2D eigenvalue weighted by Gasteiger charge is -2.34. The summed E-state index contributed by atoms with van der Waals surface area (Å²) in [7, 11) is 0. The third-order valence-electron chi connectivity index (χ3n) is 6.33. The van der Waals surface area contributed by atoms with E-state index in [1.807, 2.05) is 0 Å². The van der Waals surface area contributed by atoms with Crippen molar-refractivity contribution in [3.63, 3.8) is 0 Å². The molecule has 1 saturated heterocycles. The summed E-state index contributed by atoms with van der Waals surface area (Å²) in [5.41, 5.74) is 0. The molecule has 0 spiro atoms. The minimum absolute atomic E-state index is 0.816. The van der Waals surface area contributed by atoms with Crippen molar-refractivity contribution in [1.29, 1.82) is 0 Å². The van der Waals surface area contributed by atoms with E-state index < -0.39 is 0 Å². The standard InChI is InChI=1S/C16H28N2/c1-2-7-17-13-5-8-18(9-6-13)16-14-11-3-4-12(10-11)15(14)16/h11-17H,2-10H2,1H3. The molecule has 4 atom stereocenters.